The molecule has 112 valence electrons. The van der Waals surface area contributed by atoms with Gasteiger partial charge in [-0.25, -0.2) is 0 Å². The van der Waals surface area contributed by atoms with E-state index < -0.39 is 0 Å². The molecule has 1 aromatic carbocycles. The van der Waals surface area contributed by atoms with E-state index in [-0.39, 0.29) is 5.95 Å². The van der Waals surface area contributed by atoms with Gasteiger partial charge >= 0.3 is 0 Å². The van der Waals surface area contributed by atoms with Crippen molar-refractivity contribution in [2.75, 3.05) is 23.8 Å². The Kier molecular flexibility index (Phi) is 4.93. The highest BCUT2D eigenvalue weighted by Crippen LogP contribution is 2.31. The van der Waals surface area contributed by atoms with Crippen LogP contribution in [0.4, 0.5) is 17.6 Å². The van der Waals surface area contributed by atoms with E-state index >= 15 is 0 Å². The molecule has 0 unspecified atom stereocenters. The van der Waals surface area contributed by atoms with Crippen LogP contribution in [0.2, 0.25) is 10.0 Å². The normalized spacial score (nSPS) is 10.6. The molecule has 21 heavy (non-hydrogen) atoms. The van der Waals surface area contributed by atoms with Crippen LogP contribution in [0.15, 0.2) is 18.2 Å². The summed E-state index contributed by atoms with van der Waals surface area (Å²) in [5.74, 6) is 1.19. The summed E-state index contributed by atoms with van der Waals surface area (Å²) < 4.78 is 5.58. The predicted molar refractivity (Wildman–Crippen MR) is 85.5 cm³/mol. The van der Waals surface area contributed by atoms with E-state index in [0.29, 0.717) is 52.4 Å². The van der Waals surface area contributed by atoms with Gasteiger partial charge in [0.2, 0.25) is 5.95 Å². The van der Waals surface area contributed by atoms with Gasteiger partial charge in [-0.15, -0.1) is 0 Å². The van der Waals surface area contributed by atoms with E-state index in [1.54, 1.807) is 18.2 Å². The standard InChI is InChI=1S/C13H15Cl2N5O/c14-8-4-1-5-9(10(8)15)21-6-2-3-7-11(16)19-13(18)20-12(7)17/h1,4-5H,2-3,6H2,(H6,16,17,18,19,20). The van der Waals surface area contributed by atoms with E-state index in [4.69, 9.17) is 45.1 Å². The summed E-state index contributed by atoms with van der Waals surface area (Å²) in [7, 11) is 0. The fourth-order valence-electron chi connectivity index (χ4n) is 1.82. The monoisotopic (exact) mass is 327 g/mol. The smallest absolute Gasteiger partial charge is 0.223 e. The van der Waals surface area contributed by atoms with E-state index in [9.17, 15) is 0 Å². The second-order valence-electron chi connectivity index (χ2n) is 4.33. The van der Waals surface area contributed by atoms with Gasteiger partial charge in [-0.2, -0.15) is 9.97 Å². The van der Waals surface area contributed by atoms with Crippen molar-refractivity contribution >= 4 is 40.8 Å². The Labute approximate surface area is 132 Å². The second-order valence-corrected chi connectivity index (χ2v) is 5.12. The van der Waals surface area contributed by atoms with Crippen LogP contribution >= 0.6 is 23.2 Å². The molecule has 0 aliphatic heterocycles. The maximum absolute atomic E-state index is 6.03. The summed E-state index contributed by atoms with van der Waals surface area (Å²) in [5, 5.41) is 0.851. The fraction of sp³-hybridized carbons (Fsp3) is 0.231. The molecule has 1 aromatic heterocycles. The first-order chi connectivity index (χ1) is 9.99. The van der Waals surface area contributed by atoms with E-state index in [1.165, 1.54) is 0 Å². The first kappa shape index (κ1) is 15.5. The van der Waals surface area contributed by atoms with Crippen LogP contribution in [-0.4, -0.2) is 16.6 Å². The number of ether oxygens (including phenoxy) is 1. The number of benzene rings is 1. The molecular formula is C13H15Cl2N5O. The lowest BCUT2D eigenvalue weighted by atomic mass is 10.1. The van der Waals surface area contributed by atoms with Crippen molar-refractivity contribution in [1.29, 1.82) is 0 Å². The number of rotatable bonds is 5. The SMILES string of the molecule is Nc1nc(N)c(CCCOc2cccc(Cl)c2Cl)c(N)n1. The molecule has 0 spiro atoms. The fourth-order valence-corrected chi connectivity index (χ4v) is 2.17. The Morgan fingerprint density at radius 1 is 1.05 bits per heavy atom. The molecule has 0 saturated heterocycles. The van der Waals surface area contributed by atoms with Crippen molar-refractivity contribution in [1.82, 2.24) is 9.97 Å². The topological polar surface area (TPSA) is 113 Å². The molecule has 0 aliphatic carbocycles. The first-order valence-electron chi connectivity index (χ1n) is 6.23. The zero-order valence-electron chi connectivity index (χ0n) is 11.1. The third kappa shape index (κ3) is 3.80. The van der Waals surface area contributed by atoms with Gasteiger partial charge < -0.3 is 21.9 Å². The van der Waals surface area contributed by atoms with Crippen LogP contribution in [0.3, 0.4) is 0 Å². The molecule has 2 aromatic rings. The molecular weight excluding hydrogens is 313 g/mol. The van der Waals surface area contributed by atoms with Crippen molar-refractivity contribution in [3.05, 3.63) is 33.8 Å². The summed E-state index contributed by atoms with van der Waals surface area (Å²) >= 11 is 11.9. The van der Waals surface area contributed by atoms with Crippen LogP contribution in [-0.2, 0) is 6.42 Å². The minimum atomic E-state index is 0.0655. The lowest BCUT2D eigenvalue weighted by molar-refractivity contribution is 0.311. The Morgan fingerprint density at radius 3 is 2.38 bits per heavy atom. The van der Waals surface area contributed by atoms with Gasteiger partial charge in [-0.05, 0) is 25.0 Å². The van der Waals surface area contributed by atoms with Crippen LogP contribution in [0.1, 0.15) is 12.0 Å². The maximum Gasteiger partial charge on any atom is 0.223 e. The molecule has 1 heterocycles. The van der Waals surface area contributed by atoms with Crippen LogP contribution in [0.25, 0.3) is 0 Å². The van der Waals surface area contributed by atoms with Crippen molar-refractivity contribution < 1.29 is 4.74 Å². The van der Waals surface area contributed by atoms with E-state index in [0.717, 1.165) is 0 Å². The number of halogens is 2. The van der Waals surface area contributed by atoms with Crippen molar-refractivity contribution in [3.8, 4) is 5.75 Å². The van der Waals surface area contributed by atoms with Gasteiger partial charge in [0.25, 0.3) is 0 Å². The lowest BCUT2D eigenvalue weighted by Crippen LogP contribution is -2.10. The molecule has 0 fully saturated rings. The van der Waals surface area contributed by atoms with Gasteiger partial charge in [0.15, 0.2) is 0 Å². The molecule has 6 nitrogen and oxygen atoms in total. The van der Waals surface area contributed by atoms with E-state index in [2.05, 4.69) is 9.97 Å². The van der Waals surface area contributed by atoms with Gasteiger partial charge in [-0.1, -0.05) is 29.3 Å². The van der Waals surface area contributed by atoms with E-state index in [1.807, 2.05) is 0 Å². The first-order valence-corrected chi connectivity index (χ1v) is 6.98. The van der Waals surface area contributed by atoms with Crippen LogP contribution in [0.5, 0.6) is 5.75 Å². The summed E-state index contributed by atoms with van der Waals surface area (Å²) in [6.07, 6.45) is 1.25. The number of hydrogen-bond acceptors (Lipinski definition) is 6. The summed E-state index contributed by atoms with van der Waals surface area (Å²) in [6, 6.07) is 5.22. The Balaban J connectivity index is 1.92. The molecule has 0 bridgehead atoms. The molecule has 0 atom stereocenters. The van der Waals surface area contributed by atoms with Crippen molar-refractivity contribution in [2.45, 2.75) is 12.8 Å². The lowest BCUT2D eigenvalue weighted by Gasteiger charge is -2.10. The third-order valence-corrected chi connectivity index (χ3v) is 3.63. The molecule has 2 rings (SSSR count). The molecule has 0 radical (unpaired) electrons. The highest BCUT2D eigenvalue weighted by atomic mass is 35.5. The van der Waals surface area contributed by atoms with Crippen LogP contribution < -0.4 is 21.9 Å². The van der Waals surface area contributed by atoms with Gasteiger partial charge in [-0.3, -0.25) is 0 Å². The zero-order chi connectivity index (χ0) is 15.4. The predicted octanol–water partition coefficient (Wildman–Crippen LogP) is 2.54. The minimum absolute atomic E-state index is 0.0655. The number of hydrogen-bond donors (Lipinski definition) is 3. The number of aromatic nitrogens is 2. The second kappa shape index (κ2) is 6.69. The highest BCUT2D eigenvalue weighted by Gasteiger charge is 2.09. The van der Waals surface area contributed by atoms with Gasteiger partial charge in [0.05, 0.1) is 11.6 Å². The summed E-state index contributed by atoms with van der Waals surface area (Å²) in [6.45, 7) is 0.434. The zero-order valence-corrected chi connectivity index (χ0v) is 12.7. The minimum Gasteiger partial charge on any atom is -0.492 e. The summed E-state index contributed by atoms with van der Waals surface area (Å²) in [5.41, 5.74) is 17.7. The molecule has 0 aliphatic rings. The molecule has 8 heteroatoms. The maximum atomic E-state index is 6.03. The Bertz CT molecular complexity index is 627. The highest BCUT2D eigenvalue weighted by molar-refractivity contribution is 6.42. The average molecular weight is 328 g/mol. The van der Waals surface area contributed by atoms with Gasteiger partial charge in [0, 0.05) is 5.56 Å². The number of nitrogens with zero attached hydrogens (tertiary/aromatic N) is 2. The largest absolute Gasteiger partial charge is 0.492 e. The number of anilines is 3. The quantitative estimate of drug-likeness (QED) is 0.727. The Morgan fingerprint density at radius 2 is 1.71 bits per heavy atom. The Hall–Kier alpha value is -1.92. The van der Waals surface area contributed by atoms with Crippen molar-refractivity contribution in [2.24, 2.45) is 0 Å². The van der Waals surface area contributed by atoms with Gasteiger partial charge in [0.1, 0.15) is 22.4 Å². The third-order valence-electron chi connectivity index (χ3n) is 2.83. The number of nitrogens with two attached hydrogens (primary N) is 3. The molecule has 0 saturated carbocycles. The summed E-state index contributed by atoms with van der Waals surface area (Å²) in [4.78, 5) is 7.76. The number of nitrogen functional groups attached to an aromatic ring is 3. The van der Waals surface area contributed by atoms with Crippen molar-refractivity contribution in [3.63, 3.8) is 0 Å². The molecule has 0 amide bonds. The average Bonchev–Trinajstić information content (AvgIpc) is 2.41. The molecule has 6 N–H and O–H groups in total. The van der Waals surface area contributed by atoms with Crippen LogP contribution in [0, 0.1) is 0 Å².